The van der Waals surface area contributed by atoms with Crippen molar-refractivity contribution in [2.24, 2.45) is 0 Å². The Kier molecular flexibility index (Phi) is 6.64. The zero-order valence-electron chi connectivity index (χ0n) is 13.6. The lowest BCUT2D eigenvalue weighted by Gasteiger charge is -2.41. The number of hydrogen-bond donors (Lipinski definition) is 0. The fourth-order valence-electron chi connectivity index (χ4n) is 3.06. The lowest BCUT2D eigenvalue weighted by Crippen LogP contribution is -2.46. The van der Waals surface area contributed by atoms with E-state index in [9.17, 15) is 0 Å². The normalized spacial score (nSPS) is 19.5. The van der Waals surface area contributed by atoms with Crippen molar-refractivity contribution in [1.82, 2.24) is 9.80 Å². The molecule has 0 aromatic heterocycles. The third-order valence-corrected chi connectivity index (χ3v) is 4.48. The van der Waals surface area contributed by atoms with Gasteiger partial charge in [0.25, 0.3) is 0 Å². The minimum atomic E-state index is 0.683. The van der Waals surface area contributed by atoms with Crippen LogP contribution >= 0.6 is 0 Å². The number of allylic oxidation sites excluding steroid dienone is 2. The summed E-state index contributed by atoms with van der Waals surface area (Å²) in [5.74, 6) is 0. The summed E-state index contributed by atoms with van der Waals surface area (Å²) in [4.78, 5) is 5.16. The molecule has 1 heterocycles. The van der Waals surface area contributed by atoms with Gasteiger partial charge in [-0.05, 0) is 53.0 Å². The van der Waals surface area contributed by atoms with E-state index in [1.165, 1.54) is 37.2 Å². The zero-order chi connectivity index (χ0) is 14.4. The Morgan fingerprint density at radius 3 is 2.26 bits per heavy atom. The van der Waals surface area contributed by atoms with E-state index >= 15 is 0 Å². The molecule has 0 aliphatic carbocycles. The summed E-state index contributed by atoms with van der Waals surface area (Å²) in [6, 6.07) is 1.37. The summed E-state index contributed by atoms with van der Waals surface area (Å²) in [5, 5.41) is 0. The Morgan fingerprint density at radius 1 is 1.32 bits per heavy atom. The molecule has 1 saturated heterocycles. The molecule has 1 aliphatic heterocycles. The average molecular weight is 264 g/mol. The average Bonchev–Trinajstić information content (AvgIpc) is 2.44. The first-order chi connectivity index (χ1) is 9.04. The molecular weight excluding hydrogens is 232 g/mol. The van der Waals surface area contributed by atoms with Crippen molar-refractivity contribution in [3.05, 3.63) is 23.9 Å². The molecule has 0 spiro atoms. The molecule has 1 rings (SSSR count). The summed E-state index contributed by atoms with van der Waals surface area (Å²) >= 11 is 0. The second kappa shape index (κ2) is 7.74. The van der Waals surface area contributed by atoms with E-state index in [2.05, 4.69) is 57.1 Å². The van der Waals surface area contributed by atoms with Gasteiger partial charge in [-0.3, -0.25) is 0 Å². The second-order valence-corrected chi connectivity index (χ2v) is 5.87. The summed E-state index contributed by atoms with van der Waals surface area (Å²) in [6.07, 6.45) is 5.72. The lowest BCUT2D eigenvalue weighted by molar-refractivity contribution is 0.116. The highest BCUT2D eigenvalue weighted by Gasteiger charge is 2.25. The number of piperidine rings is 1. The first-order valence-corrected chi connectivity index (χ1v) is 7.87. The van der Waals surface area contributed by atoms with Crippen LogP contribution in [0.1, 0.15) is 53.9 Å². The SMILES string of the molecule is C=C/C(=C(/C)CC)N(CC)C1CCN(C(C)C)CC1. The molecule has 1 aliphatic rings. The molecule has 0 atom stereocenters. The largest absolute Gasteiger partial charge is 0.369 e. The molecule has 2 nitrogen and oxygen atoms in total. The van der Waals surface area contributed by atoms with Crippen LogP contribution < -0.4 is 0 Å². The van der Waals surface area contributed by atoms with Crippen LogP contribution in [0, 0.1) is 0 Å². The van der Waals surface area contributed by atoms with Gasteiger partial charge in [-0.2, -0.15) is 0 Å². The predicted octanol–water partition coefficient (Wildman–Crippen LogP) is 4.05. The molecule has 0 N–H and O–H groups in total. The Labute approximate surface area is 120 Å². The molecule has 0 radical (unpaired) electrons. The molecule has 0 aromatic carbocycles. The fraction of sp³-hybridized carbons (Fsp3) is 0.765. The van der Waals surface area contributed by atoms with Crippen molar-refractivity contribution < 1.29 is 0 Å². The van der Waals surface area contributed by atoms with E-state index in [-0.39, 0.29) is 0 Å². The predicted molar refractivity (Wildman–Crippen MR) is 85.3 cm³/mol. The Bertz CT molecular complexity index is 309. The van der Waals surface area contributed by atoms with Crippen LogP contribution in [0.3, 0.4) is 0 Å². The first-order valence-electron chi connectivity index (χ1n) is 7.87. The van der Waals surface area contributed by atoms with Gasteiger partial charge < -0.3 is 9.80 Å². The molecule has 19 heavy (non-hydrogen) atoms. The smallest absolute Gasteiger partial charge is 0.0351 e. The number of rotatable bonds is 6. The summed E-state index contributed by atoms with van der Waals surface area (Å²) in [5.41, 5.74) is 2.83. The van der Waals surface area contributed by atoms with Gasteiger partial charge in [0.2, 0.25) is 0 Å². The summed E-state index contributed by atoms with van der Waals surface area (Å²) in [6.45, 7) is 18.9. The van der Waals surface area contributed by atoms with E-state index in [0.29, 0.717) is 12.1 Å². The highest BCUT2D eigenvalue weighted by atomic mass is 15.2. The van der Waals surface area contributed by atoms with Gasteiger partial charge in [0.1, 0.15) is 0 Å². The van der Waals surface area contributed by atoms with Crippen molar-refractivity contribution in [1.29, 1.82) is 0 Å². The van der Waals surface area contributed by atoms with Gasteiger partial charge in [0, 0.05) is 37.4 Å². The zero-order valence-corrected chi connectivity index (χ0v) is 13.6. The van der Waals surface area contributed by atoms with Crippen LogP contribution in [-0.2, 0) is 0 Å². The second-order valence-electron chi connectivity index (χ2n) is 5.87. The lowest BCUT2D eigenvalue weighted by atomic mass is 10.00. The maximum absolute atomic E-state index is 4.03. The molecule has 0 amide bonds. The van der Waals surface area contributed by atoms with Gasteiger partial charge in [-0.1, -0.05) is 19.1 Å². The van der Waals surface area contributed by atoms with Crippen LogP contribution in [0.5, 0.6) is 0 Å². The van der Waals surface area contributed by atoms with Crippen LogP contribution in [0.25, 0.3) is 0 Å². The minimum Gasteiger partial charge on any atom is -0.369 e. The highest BCUT2D eigenvalue weighted by Crippen LogP contribution is 2.24. The molecule has 0 saturated carbocycles. The minimum absolute atomic E-state index is 0.683. The van der Waals surface area contributed by atoms with E-state index in [0.717, 1.165) is 13.0 Å². The molecule has 0 unspecified atom stereocenters. The van der Waals surface area contributed by atoms with Crippen molar-refractivity contribution in [2.45, 2.75) is 66.0 Å². The number of likely N-dealkylation sites (tertiary alicyclic amines) is 1. The van der Waals surface area contributed by atoms with Gasteiger partial charge in [0.05, 0.1) is 0 Å². The van der Waals surface area contributed by atoms with Crippen molar-refractivity contribution in [3.8, 4) is 0 Å². The van der Waals surface area contributed by atoms with Crippen LogP contribution in [0.2, 0.25) is 0 Å². The number of hydrogen-bond acceptors (Lipinski definition) is 2. The molecular formula is C17H32N2. The Hall–Kier alpha value is -0.760. The molecule has 0 bridgehead atoms. The standard InChI is InChI=1S/C17H32N2/c1-7-15(6)17(8-2)19(9-3)16-10-12-18(13-11-16)14(4)5/h8,14,16H,2,7,9-13H2,1,3-6H3/b17-15+. The summed E-state index contributed by atoms with van der Waals surface area (Å²) < 4.78 is 0. The number of nitrogens with zero attached hydrogens (tertiary/aromatic N) is 2. The Morgan fingerprint density at radius 2 is 1.89 bits per heavy atom. The van der Waals surface area contributed by atoms with Crippen LogP contribution in [0.15, 0.2) is 23.9 Å². The van der Waals surface area contributed by atoms with E-state index < -0.39 is 0 Å². The first kappa shape index (κ1) is 16.3. The molecule has 110 valence electrons. The number of likely N-dealkylation sites (N-methyl/N-ethyl adjacent to an activating group) is 1. The monoisotopic (exact) mass is 264 g/mol. The van der Waals surface area contributed by atoms with E-state index in [1.807, 2.05) is 0 Å². The topological polar surface area (TPSA) is 6.48 Å². The van der Waals surface area contributed by atoms with Gasteiger partial charge in [-0.15, -0.1) is 0 Å². The molecule has 0 aromatic rings. The van der Waals surface area contributed by atoms with Crippen molar-refractivity contribution >= 4 is 0 Å². The van der Waals surface area contributed by atoms with Crippen molar-refractivity contribution in [2.75, 3.05) is 19.6 Å². The van der Waals surface area contributed by atoms with Crippen molar-refractivity contribution in [3.63, 3.8) is 0 Å². The van der Waals surface area contributed by atoms with Crippen LogP contribution in [0.4, 0.5) is 0 Å². The maximum Gasteiger partial charge on any atom is 0.0351 e. The molecule has 1 fully saturated rings. The van der Waals surface area contributed by atoms with Gasteiger partial charge in [0.15, 0.2) is 0 Å². The quantitative estimate of drug-likeness (QED) is 0.668. The van der Waals surface area contributed by atoms with E-state index in [1.54, 1.807) is 0 Å². The van der Waals surface area contributed by atoms with E-state index in [4.69, 9.17) is 0 Å². The third-order valence-electron chi connectivity index (χ3n) is 4.48. The maximum atomic E-state index is 4.03. The van der Waals surface area contributed by atoms with Gasteiger partial charge in [-0.25, -0.2) is 0 Å². The fourth-order valence-corrected chi connectivity index (χ4v) is 3.06. The third kappa shape index (κ3) is 4.10. The van der Waals surface area contributed by atoms with Gasteiger partial charge >= 0.3 is 0 Å². The van der Waals surface area contributed by atoms with Crippen LogP contribution in [-0.4, -0.2) is 41.5 Å². The highest BCUT2D eigenvalue weighted by molar-refractivity contribution is 5.22. The molecule has 2 heteroatoms. The summed E-state index contributed by atoms with van der Waals surface area (Å²) in [7, 11) is 0. The Balaban J connectivity index is 2.75.